The molecular formula is C27H36N6O2. The van der Waals surface area contributed by atoms with Crippen molar-refractivity contribution in [3.8, 4) is 5.69 Å². The Morgan fingerprint density at radius 3 is 2.66 bits per heavy atom. The number of ether oxygens (including phenoxy) is 1. The molecule has 1 aromatic carbocycles. The van der Waals surface area contributed by atoms with Gasteiger partial charge < -0.3 is 14.5 Å². The summed E-state index contributed by atoms with van der Waals surface area (Å²) in [6.45, 7) is 6.85. The molecular weight excluding hydrogens is 440 g/mol. The summed E-state index contributed by atoms with van der Waals surface area (Å²) in [4.78, 5) is 27.3. The molecule has 0 unspecified atom stereocenters. The average molecular weight is 477 g/mol. The first kappa shape index (κ1) is 23.7. The van der Waals surface area contributed by atoms with E-state index in [1.807, 2.05) is 34.0 Å². The van der Waals surface area contributed by atoms with Crippen LogP contribution in [0.15, 0.2) is 36.5 Å². The SMILES string of the molecule is CCCCCC(=O)N1CCCN(c2nc(C3CCOCC3)nc3c2cnn3-c2ccccc2)CC1. The van der Waals surface area contributed by atoms with Crippen molar-refractivity contribution < 1.29 is 9.53 Å². The molecule has 8 nitrogen and oxygen atoms in total. The Bertz CT molecular complexity index is 1130. The van der Waals surface area contributed by atoms with Crippen LogP contribution < -0.4 is 4.90 Å². The number of hydrogen-bond donors (Lipinski definition) is 0. The van der Waals surface area contributed by atoms with Crippen molar-refractivity contribution in [2.75, 3.05) is 44.3 Å². The lowest BCUT2D eigenvalue weighted by Gasteiger charge is -2.26. The fourth-order valence-electron chi connectivity index (χ4n) is 5.11. The van der Waals surface area contributed by atoms with Gasteiger partial charge in [-0.15, -0.1) is 0 Å². The van der Waals surface area contributed by atoms with E-state index in [1.165, 1.54) is 0 Å². The van der Waals surface area contributed by atoms with Crippen molar-refractivity contribution in [2.45, 2.75) is 57.8 Å². The Morgan fingerprint density at radius 1 is 1.03 bits per heavy atom. The van der Waals surface area contributed by atoms with Gasteiger partial charge in [-0.05, 0) is 37.8 Å². The lowest BCUT2D eigenvalue weighted by molar-refractivity contribution is -0.131. The molecule has 0 radical (unpaired) electrons. The highest BCUT2D eigenvalue weighted by Gasteiger charge is 2.26. The van der Waals surface area contributed by atoms with Gasteiger partial charge in [-0.2, -0.15) is 5.10 Å². The predicted molar refractivity (Wildman–Crippen MR) is 137 cm³/mol. The molecule has 8 heteroatoms. The zero-order valence-electron chi connectivity index (χ0n) is 20.7. The summed E-state index contributed by atoms with van der Waals surface area (Å²) < 4.78 is 7.52. The van der Waals surface area contributed by atoms with Gasteiger partial charge in [0.15, 0.2) is 5.65 Å². The number of aromatic nitrogens is 4. The normalized spacial score (nSPS) is 17.6. The molecule has 0 spiro atoms. The van der Waals surface area contributed by atoms with E-state index in [-0.39, 0.29) is 11.8 Å². The largest absolute Gasteiger partial charge is 0.381 e. The first-order valence-electron chi connectivity index (χ1n) is 13.2. The molecule has 0 saturated carbocycles. The van der Waals surface area contributed by atoms with Crippen LogP contribution in [0.3, 0.4) is 0 Å². The Kier molecular flexibility index (Phi) is 7.57. The van der Waals surface area contributed by atoms with Crippen molar-refractivity contribution in [2.24, 2.45) is 0 Å². The Morgan fingerprint density at radius 2 is 1.86 bits per heavy atom. The molecule has 4 heterocycles. The van der Waals surface area contributed by atoms with Crippen LogP contribution in [-0.4, -0.2) is 69.9 Å². The van der Waals surface area contributed by atoms with Crippen LogP contribution in [0.1, 0.15) is 63.6 Å². The molecule has 3 aromatic rings. The lowest BCUT2D eigenvalue weighted by atomic mass is 9.99. The second-order valence-electron chi connectivity index (χ2n) is 9.60. The van der Waals surface area contributed by atoms with E-state index in [9.17, 15) is 4.79 Å². The summed E-state index contributed by atoms with van der Waals surface area (Å²) in [5, 5.41) is 5.68. The molecule has 0 bridgehead atoms. The number of amides is 1. The van der Waals surface area contributed by atoms with Crippen molar-refractivity contribution in [1.29, 1.82) is 0 Å². The molecule has 186 valence electrons. The number of nitrogens with zero attached hydrogens (tertiary/aromatic N) is 6. The van der Waals surface area contributed by atoms with Crippen molar-refractivity contribution in [3.63, 3.8) is 0 Å². The van der Waals surface area contributed by atoms with Crippen molar-refractivity contribution in [1.82, 2.24) is 24.6 Å². The number of fused-ring (bicyclic) bond motifs is 1. The summed E-state index contributed by atoms with van der Waals surface area (Å²) in [6.07, 6.45) is 8.59. The second kappa shape index (κ2) is 11.2. The third-order valence-electron chi connectivity index (χ3n) is 7.16. The number of para-hydroxylation sites is 1. The average Bonchev–Trinajstić information content (AvgIpc) is 3.18. The Hall–Kier alpha value is -3.00. The highest BCUT2D eigenvalue weighted by Crippen LogP contribution is 2.31. The standard InChI is InChI=1S/C27H36N6O2/c1-2-3-5-11-24(34)31-14-8-15-32(17-16-31)26-23-20-28-33(22-9-6-4-7-10-22)27(23)30-25(29-26)21-12-18-35-19-13-21/h4,6-7,9-10,20-21H,2-3,5,8,11-19H2,1H3. The van der Waals surface area contributed by atoms with Gasteiger partial charge in [0.05, 0.1) is 17.3 Å². The number of carbonyl (C=O) groups excluding carboxylic acids is 1. The van der Waals surface area contributed by atoms with Gasteiger partial charge in [-0.3, -0.25) is 4.79 Å². The number of hydrogen-bond acceptors (Lipinski definition) is 6. The third-order valence-corrected chi connectivity index (χ3v) is 7.16. The van der Waals surface area contributed by atoms with E-state index in [2.05, 4.69) is 24.0 Å². The maximum absolute atomic E-state index is 12.8. The highest BCUT2D eigenvalue weighted by molar-refractivity contribution is 5.88. The molecule has 35 heavy (non-hydrogen) atoms. The monoisotopic (exact) mass is 476 g/mol. The van der Waals surface area contributed by atoms with E-state index in [0.717, 1.165) is 106 Å². The van der Waals surface area contributed by atoms with E-state index in [1.54, 1.807) is 0 Å². The Balaban J connectivity index is 1.45. The zero-order chi connectivity index (χ0) is 24.0. The van der Waals surface area contributed by atoms with Gasteiger partial charge in [-0.25, -0.2) is 14.6 Å². The minimum absolute atomic E-state index is 0.285. The molecule has 0 aliphatic carbocycles. The number of anilines is 1. The summed E-state index contributed by atoms with van der Waals surface area (Å²) in [5.41, 5.74) is 1.84. The van der Waals surface area contributed by atoms with Crippen LogP contribution in [0, 0.1) is 0 Å². The molecule has 1 amide bonds. The number of unbranched alkanes of at least 4 members (excludes halogenated alkanes) is 2. The summed E-state index contributed by atoms with van der Waals surface area (Å²) in [7, 11) is 0. The quantitative estimate of drug-likeness (QED) is 0.473. The van der Waals surface area contributed by atoms with Gasteiger partial charge in [0.1, 0.15) is 11.6 Å². The molecule has 2 saturated heterocycles. The van der Waals surface area contributed by atoms with Crippen LogP contribution in [0.2, 0.25) is 0 Å². The van der Waals surface area contributed by atoms with Gasteiger partial charge in [0, 0.05) is 51.7 Å². The Labute approximate surface area is 207 Å². The van der Waals surface area contributed by atoms with E-state index >= 15 is 0 Å². The molecule has 2 aliphatic rings. The fourth-order valence-corrected chi connectivity index (χ4v) is 5.11. The van der Waals surface area contributed by atoms with Gasteiger partial charge in [-0.1, -0.05) is 38.0 Å². The maximum atomic E-state index is 12.8. The van der Waals surface area contributed by atoms with E-state index < -0.39 is 0 Å². The lowest BCUT2D eigenvalue weighted by Crippen LogP contribution is -2.35. The zero-order valence-corrected chi connectivity index (χ0v) is 20.7. The molecule has 2 aliphatic heterocycles. The minimum Gasteiger partial charge on any atom is -0.381 e. The summed E-state index contributed by atoms with van der Waals surface area (Å²) in [6, 6.07) is 10.2. The minimum atomic E-state index is 0.285. The van der Waals surface area contributed by atoms with Crippen LogP contribution in [0.4, 0.5) is 5.82 Å². The first-order chi connectivity index (χ1) is 17.2. The first-order valence-corrected chi connectivity index (χ1v) is 13.2. The van der Waals surface area contributed by atoms with Gasteiger partial charge in [0.25, 0.3) is 0 Å². The van der Waals surface area contributed by atoms with Crippen LogP contribution in [0.5, 0.6) is 0 Å². The molecule has 2 aromatic heterocycles. The maximum Gasteiger partial charge on any atom is 0.222 e. The highest BCUT2D eigenvalue weighted by atomic mass is 16.5. The van der Waals surface area contributed by atoms with Crippen LogP contribution in [0.25, 0.3) is 16.7 Å². The molecule has 5 rings (SSSR count). The summed E-state index contributed by atoms with van der Waals surface area (Å²) in [5.74, 6) is 2.40. The fraction of sp³-hybridized carbons (Fsp3) is 0.556. The topological polar surface area (TPSA) is 76.4 Å². The van der Waals surface area contributed by atoms with Gasteiger partial charge in [0.2, 0.25) is 5.91 Å². The van der Waals surface area contributed by atoms with Crippen LogP contribution in [-0.2, 0) is 9.53 Å². The van der Waals surface area contributed by atoms with E-state index in [0.29, 0.717) is 6.42 Å². The number of rotatable bonds is 7. The molecule has 0 N–H and O–H groups in total. The van der Waals surface area contributed by atoms with E-state index in [4.69, 9.17) is 19.8 Å². The molecule has 0 atom stereocenters. The predicted octanol–water partition coefficient (Wildman–Crippen LogP) is 4.33. The molecule has 2 fully saturated rings. The summed E-state index contributed by atoms with van der Waals surface area (Å²) >= 11 is 0. The second-order valence-corrected chi connectivity index (χ2v) is 9.60. The van der Waals surface area contributed by atoms with Crippen molar-refractivity contribution in [3.05, 3.63) is 42.4 Å². The smallest absolute Gasteiger partial charge is 0.222 e. The van der Waals surface area contributed by atoms with Crippen LogP contribution >= 0.6 is 0 Å². The third kappa shape index (κ3) is 5.32. The number of benzene rings is 1. The van der Waals surface area contributed by atoms with Gasteiger partial charge >= 0.3 is 0 Å². The number of carbonyl (C=O) groups is 1. The van der Waals surface area contributed by atoms with Crippen molar-refractivity contribution >= 4 is 22.8 Å².